The first-order valence-corrected chi connectivity index (χ1v) is 9.09. The summed E-state index contributed by atoms with van der Waals surface area (Å²) in [5.41, 5.74) is 0.232. The number of nitrogens with one attached hydrogen (secondary N) is 2. The molecule has 8 heteroatoms. The fourth-order valence-electron chi connectivity index (χ4n) is 2.52. The van der Waals surface area contributed by atoms with Gasteiger partial charge in [-0.2, -0.15) is 0 Å². The second-order valence-corrected chi connectivity index (χ2v) is 7.77. The molecular formula is C15H19FN2O4S. The Kier molecular flexibility index (Phi) is 4.39. The van der Waals surface area contributed by atoms with Crippen molar-refractivity contribution in [2.24, 2.45) is 5.92 Å². The minimum atomic E-state index is -3.92. The first kappa shape index (κ1) is 16.4. The third kappa shape index (κ3) is 3.70. The molecule has 1 aliphatic heterocycles. The maximum Gasteiger partial charge on any atom is 0.253 e. The Bertz CT molecular complexity index is 718. The van der Waals surface area contributed by atoms with Gasteiger partial charge in [0.05, 0.1) is 0 Å². The van der Waals surface area contributed by atoms with Gasteiger partial charge in [-0.15, -0.1) is 0 Å². The van der Waals surface area contributed by atoms with Crippen LogP contribution in [-0.4, -0.2) is 33.1 Å². The van der Waals surface area contributed by atoms with Crippen molar-refractivity contribution >= 4 is 21.6 Å². The van der Waals surface area contributed by atoms with Gasteiger partial charge in [0.25, 0.3) is 5.91 Å². The summed E-state index contributed by atoms with van der Waals surface area (Å²) in [6.07, 6.45) is 1.75. The number of rotatable bonds is 5. The van der Waals surface area contributed by atoms with E-state index in [1.807, 2.05) is 6.92 Å². The molecule has 2 N–H and O–H groups in total. The topological polar surface area (TPSA) is 84.5 Å². The largest absolute Gasteiger partial charge is 0.368 e. The van der Waals surface area contributed by atoms with Crippen LogP contribution in [0, 0.1) is 11.7 Å². The number of halogens is 1. The van der Waals surface area contributed by atoms with E-state index in [2.05, 4.69) is 10.0 Å². The molecule has 1 saturated heterocycles. The number of carbonyl (C=O) groups excluding carboxylic acids is 1. The molecule has 1 aliphatic carbocycles. The average Bonchev–Trinajstić information content (AvgIpc) is 3.17. The molecule has 3 rings (SSSR count). The molecule has 2 atom stereocenters. The van der Waals surface area contributed by atoms with Gasteiger partial charge in [-0.3, -0.25) is 4.79 Å². The van der Waals surface area contributed by atoms with Gasteiger partial charge in [0.1, 0.15) is 16.8 Å². The molecule has 1 aromatic rings. The fourth-order valence-corrected chi connectivity index (χ4v) is 3.92. The molecule has 0 aromatic heterocycles. The highest BCUT2D eigenvalue weighted by Crippen LogP contribution is 2.26. The summed E-state index contributed by atoms with van der Waals surface area (Å²) >= 11 is 0. The summed E-state index contributed by atoms with van der Waals surface area (Å²) in [4.78, 5) is 11.7. The Labute approximate surface area is 134 Å². The number of ether oxygens (including phenoxy) is 1. The van der Waals surface area contributed by atoms with Crippen LogP contribution in [0.5, 0.6) is 0 Å². The standard InChI is InChI=1S/C15H19FN2O4S/c1-9-6-7-22-14(9)15(19)17-11-4-5-12(16)13(8-11)23(20,21)18-10-2-3-10/h4-5,8-10,14,18H,2-3,6-7H2,1H3,(H,17,19)/t9-,14-/m1/s1. The summed E-state index contributed by atoms with van der Waals surface area (Å²) < 4.78 is 46.0. The number of hydrogen-bond donors (Lipinski definition) is 2. The van der Waals surface area contributed by atoms with Crippen molar-refractivity contribution in [3.63, 3.8) is 0 Å². The van der Waals surface area contributed by atoms with Gasteiger partial charge in [0.15, 0.2) is 0 Å². The third-order valence-corrected chi connectivity index (χ3v) is 5.57. The molecule has 0 spiro atoms. The molecule has 23 heavy (non-hydrogen) atoms. The molecule has 0 radical (unpaired) electrons. The lowest BCUT2D eigenvalue weighted by Gasteiger charge is -2.15. The maximum atomic E-state index is 13.9. The Morgan fingerprint density at radius 1 is 1.30 bits per heavy atom. The van der Waals surface area contributed by atoms with Crippen LogP contribution in [0.2, 0.25) is 0 Å². The van der Waals surface area contributed by atoms with Crippen molar-refractivity contribution in [3.05, 3.63) is 24.0 Å². The Morgan fingerprint density at radius 3 is 2.65 bits per heavy atom. The summed E-state index contributed by atoms with van der Waals surface area (Å²) in [5, 5.41) is 2.60. The number of amides is 1. The second kappa shape index (κ2) is 6.18. The number of anilines is 1. The lowest BCUT2D eigenvalue weighted by atomic mass is 10.0. The zero-order chi connectivity index (χ0) is 16.6. The van der Waals surface area contributed by atoms with Crippen LogP contribution in [0.1, 0.15) is 26.2 Å². The van der Waals surface area contributed by atoms with Crippen molar-refractivity contribution in [2.75, 3.05) is 11.9 Å². The minimum absolute atomic E-state index is 0.0928. The van der Waals surface area contributed by atoms with Crippen molar-refractivity contribution in [1.29, 1.82) is 0 Å². The van der Waals surface area contributed by atoms with E-state index in [0.717, 1.165) is 31.4 Å². The highest BCUT2D eigenvalue weighted by Gasteiger charge is 2.32. The number of sulfonamides is 1. The van der Waals surface area contributed by atoms with E-state index < -0.39 is 26.8 Å². The van der Waals surface area contributed by atoms with E-state index in [0.29, 0.717) is 6.61 Å². The van der Waals surface area contributed by atoms with Crippen molar-refractivity contribution in [2.45, 2.75) is 43.2 Å². The lowest BCUT2D eigenvalue weighted by molar-refractivity contribution is -0.126. The summed E-state index contributed by atoms with van der Waals surface area (Å²) in [7, 11) is -3.92. The quantitative estimate of drug-likeness (QED) is 0.852. The molecule has 1 saturated carbocycles. The van der Waals surface area contributed by atoms with E-state index in [-0.39, 0.29) is 23.6 Å². The number of benzene rings is 1. The predicted molar refractivity (Wildman–Crippen MR) is 81.9 cm³/mol. The van der Waals surface area contributed by atoms with Crippen LogP contribution < -0.4 is 10.0 Å². The molecule has 2 fully saturated rings. The van der Waals surface area contributed by atoms with Gasteiger partial charge < -0.3 is 10.1 Å². The smallest absolute Gasteiger partial charge is 0.253 e. The van der Waals surface area contributed by atoms with E-state index in [1.54, 1.807) is 0 Å². The van der Waals surface area contributed by atoms with E-state index in [9.17, 15) is 17.6 Å². The summed E-state index contributed by atoms with van der Waals surface area (Å²) in [6, 6.07) is 3.39. The lowest BCUT2D eigenvalue weighted by Crippen LogP contribution is -2.31. The monoisotopic (exact) mass is 342 g/mol. The normalized spacial score (nSPS) is 24.6. The van der Waals surface area contributed by atoms with Crippen LogP contribution in [0.15, 0.2) is 23.1 Å². The number of carbonyl (C=O) groups is 1. The SMILES string of the molecule is C[C@@H]1CCO[C@H]1C(=O)Nc1ccc(F)c(S(=O)(=O)NC2CC2)c1. The molecule has 6 nitrogen and oxygen atoms in total. The first-order chi connectivity index (χ1) is 10.9. The third-order valence-electron chi connectivity index (χ3n) is 4.03. The van der Waals surface area contributed by atoms with Gasteiger partial charge in [-0.1, -0.05) is 6.92 Å². The molecule has 1 aromatic carbocycles. The van der Waals surface area contributed by atoms with E-state index in [1.165, 1.54) is 6.07 Å². The van der Waals surface area contributed by atoms with Gasteiger partial charge in [-0.05, 0) is 43.4 Å². The van der Waals surface area contributed by atoms with Crippen LogP contribution in [0.3, 0.4) is 0 Å². The van der Waals surface area contributed by atoms with Crippen molar-refractivity contribution in [1.82, 2.24) is 4.72 Å². The average molecular weight is 342 g/mol. The maximum absolute atomic E-state index is 13.9. The Hall–Kier alpha value is -1.51. The predicted octanol–water partition coefficient (Wildman–Crippen LogP) is 1.63. The minimum Gasteiger partial charge on any atom is -0.368 e. The second-order valence-electron chi connectivity index (χ2n) is 6.09. The number of hydrogen-bond acceptors (Lipinski definition) is 4. The van der Waals surface area contributed by atoms with Crippen LogP contribution in [0.4, 0.5) is 10.1 Å². The van der Waals surface area contributed by atoms with Crippen molar-refractivity contribution in [3.8, 4) is 0 Å². The molecular weight excluding hydrogens is 323 g/mol. The summed E-state index contributed by atoms with van der Waals surface area (Å²) in [5.74, 6) is -1.10. The van der Waals surface area contributed by atoms with Crippen LogP contribution in [-0.2, 0) is 19.6 Å². The van der Waals surface area contributed by atoms with Gasteiger partial charge >= 0.3 is 0 Å². The molecule has 0 unspecified atom stereocenters. The molecule has 0 bridgehead atoms. The molecule has 126 valence electrons. The Morgan fingerprint density at radius 2 is 2.04 bits per heavy atom. The van der Waals surface area contributed by atoms with E-state index in [4.69, 9.17) is 4.74 Å². The van der Waals surface area contributed by atoms with Gasteiger partial charge in [0, 0.05) is 18.3 Å². The Balaban J connectivity index is 1.78. The van der Waals surface area contributed by atoms with Crippen molar-refractivity contribution < 1.29 is 22.3 Å². The molecule has 1 heterocycles. The molecule has 2 aliphatic rings. The van der Waals surface area contributed by atoms with E-state index >= 15 is 0 Å². The summed E-state index contributed by atoms with van der Waals surface area (Å²) in [6.45, 7) is 2.44. The fraction of sp³-hybridized carbons (Fsp3) is 0.533. The highest BCUT2D eigenvalue weighted by molar-refractivity contribution is 7.89. The van der Waals surface area contributed by atoms with Gasteiger partial charge in [-0.25, -0.2) is 17.5 Å². The first-order valence-electron chi connectivity index (χ1n) is 7.61. The van der Waals surface area contributed by atoms with Crippen LogP contribution in [0.25, 0.3) is 0 Å². The van der Waals surface area contributed by atoms with Crippen LogP contribution >= 0.6 is 0 Å². The zero-order valence-corrected chi connectivity index (χ0v) is 13.5. The van der Waals surface area contributed by atoms with Gasteiger partial charge in [0.2, 0.25) is 10.0 Å². The highest BCUT2D eigenvalue weighted by atomic mass is 32.2. The molecule has 1 amide bonds. The zero-order valence-electron chi connectivity index (χ0n) is 12.7.